The molecule has 1 aromatic rings. The van der Waals surface area contributed by atoms with Crippen LogP contribution in [0.4, 0.5) is 11.4 Å². The van der Waals surface area contributed by atoms with Crippen molar-refractivity contribution >= 4 is 23.2 Å². The smallest absolute Gasteiger partial charge is 0.256 e. The lowest BCUT2D eigenvalue weighted by Crippen LogP contribution is -2.51. The first-order valence-electron chi connectivity index (χ1n) is 5.29. The molecule has 6 nitrogen and oxygen atoms in total. The first kappa shape index (κ1) is 11.4. The fraction of sp³-hybridized carbons (Fsp3) is 0.273. The Morgan fingerprint density at radius 1 is 1.53 bits per heavy atom. The predicted octanol–water partition coefficient (Wildman–Crippen LogP) is -0.176. The lowest BCUT2D eigenvalue weighted by atomic mass is 10.1. The molecule has 6 heteroatoms. The molecule has 17 heavy (non-hydrogen) atoms. The molecule has 0 aliphatic carbocycles. The molecule has 0 spiro atoms. The molecule has 1 heterocycles. The third kappa shape index (κ3) is 2.07. The van der Waals surface area contributed by atoms with Crippen LogP contribution in [0.1, 0.15) is 6.92 Å². The summed E-state index contributed by atoms with van der Waals surface area (Å²) in [6.45, 7) is 1.85. The highest BCUT2D eigenvalue weighted by Gasteiger charge is 2.28. The van der Waals surface area contributed by atoms with E-state index in [4.69, 9.17) is 5.84 Å². The molecule has 0 saturated heterocycles. The molecule has 2 amide bonds. The van der Waals surface area contributed by atoms with Gasteiger partial charge in [-0.1, -0.05) is 12.1 Å². The molecule has 0 bridgehead atoms. The molecule has 2 rings (SSSR count). The van der Waals surface area contributed by atoms with Gasteiger partial charge in [0.05, 0.1) is 17.9 Å². The van der Waals surface area contributed by atoms with E-state index in [1.54, 1.807) is 17.9 Å². The normalized spacial score (nSPS) is 15.9. The number of hydrogen-bond acceptors (Lipinski definition) is 4. The van der Waals surface area contributed by atoms with Gasteiger partial charge in [0.25, 0.3) is 5.91 Å². The minimum Gasteiger partial charge on any atom is -0.349 e. The molecule has 1 unspecified atom stereocenters. The number of anilines is 2. The minimum absolute atomic E-state index is 0.139. The van der Waals surface area contributed by atoms with Crippen molar-refractivity contribution in [3.63, 3.8) is 0 Å². The summed E-state index contributed by atoms with van der Waals surface area (Å²) in [6.07, 6.45) is 0. The number of nitrogens with one attached hydrogen (secondary N) is 2. The second-order valence-corrected chi connectivity index (χ2v) is 3.88. The van der Waals surface area contributed by atoms with E-state index in [1.807, 2.05) is 18.2 Å². The Labute approximate surface area is 98.7 Å². The lowest BCUT2D eigenvalue weighted by Gasteiger charge is -2.34. The van der Waals surface area contributed by atoms with Crippen molar-refractivity contribution in [2.75, 3.05) is 16.8 Å². The summed E-state index contributed by atoms with van der Waals surface area (Å²) >= 11 is 0. The maximum Gasteiger partial charge on any atom is 0.256 e. The van der Waals surface area contributed by atoms with Gasteiger partial charge in [0.1, 0.15) is 6.04 Å². The van der Waals surface area contributed by atoms with Gasteiger partial charge in [-0.2, -0.15) is 0 Å². The number of benzene rings is 1. The van der Waals surface area contributed by atoms with E-state index < -0.39 is 6.04 Å². The molecule has 1 aromatic carbocycles. The van der Waals surface area contributed by atoms with Crippen LogP contribution in [0.2, 0.25) is 0 Å². The number of carbonyl (C=O) groups excluding carboxylic acids is 2. The number of carbonyl (C=O) groups is 2. The molecule has 1 aliphatic rings. The summed E-state index contributed by atoms with van der Waals surface area (Å²) in [6, 6.07) is 6.85. The summed E-state index contributed by atoms with van der Waals surface area (Å²) in [7, 11) is 0. The van der Waals surface area contributed by atoms with Crippen LogP contribution >= 0.6 is 0 Å². The number of hydrogen-bond donors (Lipinski definition) is 3. The number of nitrogens with two attached hydrogens (primary N) is 1. The molecular formula is C11H14N4O2. The summed E-state index contributed by atoms with van der Waals surface area (Å²) < 4.78 is 0. The Hall–Kier alpha value is -2.08. The van der Waals surface area contributed by atoms with Crippen molar-refractivity contribution in [1.82, 2.24) is 5.43 Å². The van der Waals surface area contributed by atoms with Crippen LogP contribution in [0.15, 0.2) is 24.3 Å². The first-order chi connectivity index (χ1) is 8.13. The highest BCUT2D eigenvalue weighted by atomic mass is 16.2. The third-order valence-electron chi connectivity index (χ3n) is 2.79. The molecule has 90 valence electrons. The van der Waals surface area contributed by atoms with Gasteiger partial charge >= 0.3 is 0 Å². The zero-order valence-corrected chi connectivity index (χ0v) is 9.43. The Balaban J connectivity index is 2.35. The second-order valence-electron chi connectivity index (χ2n) is 3.88. The zero-order chi connectivity index (χ0) is 12.4. The Morgan fingerprint density at radius 3 is 2.94 bits per heavy atom. The van der Waals surface area contributed by atoms with Gasteiger partial charge < -0.3 is 10.2 Å². The molecular weight excluding hydrogens is 220 g/mol. The zero-order valence-electron chi connectivity index (χ0n) is 9.43. The predicted molar refractivity (Wildman–Crippen MR) is 64.2 cm³/mol. The summed E-state index contributed by atoms with van der Waals surface area (Å²) in [5.74, 6) is 4.64. The first-order valence-corrected chi connectivity index (χ1v) is 5.29. The fourth-order valence-corrected chi connectivity index (χ4v) is 1.87. The highest BCUT2D eigenvalue weighted by Crippen LogP contribution is 2.30. The molecule has 4 N–H and O–H groups in total. The number of fused-ring (bicyclic) bond motifs is 1. The SMILES string of the molecule is CC(C(=O)NN)N1CC(=O)Nc2ccccc21. The van der Waals surface area contributed by atoms with Crippen LogP contribution in [0, 0.1) is 0 Å². The van der Waals surface area contributed by atoms with E-state index in [9.17, 15) is 9.59 Å². The number of para-hydroxylation sites is 2. The Morgan fingerprint density at radius 2 is 2.24 bits per heavy atom. The van der Waals surface area contributed by atoms with Crippen LogP contribution in [-0.4, -0.2) is 24.4 Å². The summed E-state index contributed by atoms with van der Waals surface area (Å²) in [5.41, 5.74) is 3.63. The molecule has 1 aliphatic heterocycles. The van der Waals surface area contributed by atoms with Crippen LogP contribution in [-0.2, 0) is 9.59 Å². The molecule has 0 aromatic heterocycles. The largest absolute Gasteiger partial charge is 0.349 e. The van der Waals surface area contributed by atoms with Crippen molar-refractivity contribution < 1.29 is 9.59 Å². The maximum absolute atomic E-state index is 11.5. The van der Waals surface area contributed by atoms with Crippen molar-refractivity contribution in [2.24, 2.45) is 5.84 Å². The van der Waals surface area contributed by atoms with E-state index in [1.165, 1.54) is 0 Å². The Bertz CT molecular complexity index is 461. The molecule has 0 radical (unpaired) electrons. The third-order valence-corrected chi connectivity index (χ3v) is 2.79. The average Bonchev–Trinajstić information content (AvgIpc) is 2.35. The standard InChI is InChI=1S/C11H14N4O2/c1-7(11(17)14-12)15-6-10(16)13-8-4-2-3-5-9(8)15/h2-5,7H,6,12H2,1H3,(H,13,16)(H,14,17). The number of nitrogens with zero attached hydrogens (tertiary/aromatic N) is 1. The topological polar surface area (TPSA) is 87.5 Å². The second kappa shape index (κ2) is 4.42. The quantitative estimate of drug-likeness (QED) is 0.376. The van der Waals surface area contributed by atoms with Crippen LogP contribution < -0.4 is 21.5 Å². The van der Waals surface area contributed by atoms with Gasteiger partial charge in [0, 0.05) is 0 Å². The maximum atomic E-state index is 11.5. The van der Waals surface area contributed by atoms with E-state index in [0.29, 0.717) is 5.69 Å². The lowest BCUT2D eigenvalue weighted by molar-refractivity contribution is -0.122. The van der Waals surface area contributed by atoms with E-state index >= 15 is 0 Å². The van der Waals surface area contributed by atoms with Crippen LogP contribution in [0.25, 0.3) is 0 Å². The van der Waals surface area contributed by atoms with Crippen molar-refractivity contribution in [2.45, 2.75) is 13.0 Å². The van der Waals surface area contributed by atoms with Gasteiger partial charge in [-0.3, -0.25) is 15.0 Å². The van der Waals surface area contributed by atoms with Gasteiger partial charge in [-0.05, 0) is 19.1 Å². The number of hydrazine groups is 1. The molecule has 0 saturated carbocycles. The highest BCUT2D eigenvalue weighted by molar-refractivity contribution is 6.02. The average molecular weight is 234 g/mol. The number of amides is 2. The van der Waals surface area contributed by atoms with Crippen molar-refractivity contribution in [3.8, 4) is 0 Å². The minimum atomic E-state index is -0.493. The van der Waals surface area contributed by atoms with Gasteiger partial charge in [-0.15, -0.1) is 0 Å². The van der Waals surface area contributed by atoms with E-state index in [2.05, 4.69) is 10.7 Å². The summed E-state index contributed by atoms with van der Waals surface area (Å²) in [4.78, 5) is 24.8. The fourth-order valence-electron chi connectivity index (χ4n) is 1.87. The molecule has 0 fully saturated rings. The van der Waals surface area contributed by atoms with E-state index in [0.717, 1.165) is 5.69 Å². The Kier molecular flexibility index (Phi) is 2.97. The van der Waals surface area contributed by atoms with Gasteiger partial charge in [-0.25, -0.2) is 5.84 Å². The van der Waals surface area contributed by atoms with Gasteiger partial charge in [0.2, 0.25) is 5.91 Å². The van der Waals surface area contributed by atoms with Gasteiger partial charge in [0.15, 0.2) is 0 Å². The van der Waals surface area contributed by atoms with E-state index in [-0.39, 0.29) is 18.4 Å². The van der Waals surface area contributed by atoms with Crippen LogP contribution in [0.5, 0.6) is 0 Å². The van der Waals surface area contributed by atoms with Crippen molar-refractivity contribution in [3.05, 3.63) is 24.3 Å². The molecule has 1 atom stereocenters. The monoisotopic (exact) mass is 234 g/mol. The van der Waals surface area contributed by atoms with Crippen LogP contribution in [0.3, 0.4) is 0 Å². The summed E-state index contributed by atoms with van der Waals surface area (Å²) in [5, 5.41) is 2.76. The number of rotatable bonds is 2. The van der Waals surface area contributed by atoms with Crippen molar-refractivity contribution in [1.29, 1.82) is 0 Å².